The van der Waals surface area contributed by atoms with Crippen LogP contribution in [0, 0.1) is 20.8 Å². The van der Waals surface area contributed by atoms with Crippen molar-refractivity contribution in [3.05, 3.63) is 45.8 Å². The van der Waals surface area contributed by atoms with Crippen LogP contribution in [0.15, 0.2) is 33.2 Å². The lowest BCUT2D eigenvalue weighted by Gasteiger charge is -2.05. The molecule has 0 aliphatic carbocycles. The zero-order valence-corrected chi connectivity index (χ0v) is 13.7. The molecule has 2 aromatic heterocycles. The van der Waals surface area contributed by atoms with Gasteiger partial charge in [0.05, 0.1) is 11.3 Å². The van der Waals surface area contributed by atoms with Gasteiger partial charge in [0.2, 0.25) is 0 Å². The lowest BCUT2D eigenvalue weighted by atomic mass is 9.98. The Morgan fingerprint density at radius 1 is 1.05 bits per heavy atom. The summed E-state index contributed by atoms with van der Waals surface area (Å²) in [6.07, 6.45) is 0. The topological polar surface area (TPSA) is 67.8 Å². The van der Waals surface area contributed by atoms with Crippen LogP contribution in [0.25, 0.3) is 22.4 Å². The highest BCUT2D eigenvalue weighted by Gasteiger charge is 2.21. The van der Waals surface area contributed by atoms with E-state index in [4.69, 9.17) is 10.2 Å². The van der Waals surface area contributed by atoms with Gasteiger partial charge in [-0.1, -0.05) is 28.1 Å². The Balaban J connectivity index is 2.24. The minimum Gasteiger partial charge on any atom is -0.466 e. The van der Waals surface area contributed by atoms with Crippen molar-refractivity contribution >= 4 is 21.7 Å². The van der Waals surface area contributed by atoms with Crippen LogP contribution in [0.1, 0.15) is 17.1 Å². The monoisotopic (exact) mass is 345 g/mol. The fourth-order valence-electron chi connectivity index (χ4n) is 2.61. The third-order valence-corrected chi connectivity index (χ3v) is 4.27. The van der Waals surface area contributed by atoms with Gasteiger partial charge < -0.3 is 10.2 Å². The summed E-state index contributed by atoms with van der Waals surface area (Å²) < 4.78 is 6.75. The van der Waals surface area contributed by atoms with E-state index in [1.807, 2.05) is 45.0 Å². The summed E-state index contributed by atoms with van der Waals surface area (Å²) in [5, 5.41) is 7.23. The number of hydrogen-bond acceptors (Lipinski definition) is 3. The average molecular weight is 346 g/mol. The van der Waals surface area contributed by atoms with Crippen LogP contribution in [-0.4, -0.2) is 10.2 Å². The van der Waals surface area contributed by atoms with Crippen LogP contribution in [-0.2, 0) is 0 Å². The van der Waals surface area contributed by atoms with Crippen molar-refractivity contribution in [1.82, 2.24) is 10.2 Å². The number of aryl methyl sites for hydroxylation is 2. The first-order valence-electron chi connectivity index (χ1n) is 6.65. The van der Waals surface area contributed by atoms with E-state index in [0.717, 1.165) is 43.9 Å². The van der Waals surface area contributed by atoms with Gasteiger partial charge in [0, 0.05) is 10.0 Å². The fourth-order valence-corrected chi connectivity index (χ4v) is 2.87. The lowest BCUT2D eigenvalue weighted by Crippen LogP contribution is -1.89. The first kappa shape index (κ1) is 13.9. The fraction of sp³-hybridized carbons (Fsp3) is 0.188. The summed E-state index contributed by atoms with van der Waals surface area (Å²) in [7, 11) is 0. The predicted octanol–water partition coefficient (Wildman–Crippen LogP) is 4.61. The Hall–Kier alpha value is -2.01. The molecular formula is C16H16BrN3O. The molecule has 21 heavy (non-hydrogen) atoms. The smallest absolute Gasteiger partial charge is 0.153 e. The quantitative estimate of drug-likeness (QED) is 0.712. The Morgan fingerprint density at radius 3 is 2.29 bits per heavy atom. The molecule has 0 bridgehead atoms. The van der Waals surface area contributed by atoms with Crippen LogP contribution < -0.4 is 5.73 Å². The third-order valence-electron chi connectivity index (χ3n) is 3.74. The molecule has 3 N–H and O–H groups in total. The van der Waals surface area contributed by atoms with E-state index < -0.39 is 0 Å². The van der Waals surface area contributed by atoms with Crippen LogP contribution in [0.4, 0.5) is 5.82 Å². The van der Waals surface area contributed by atoms with Crippen LogP contribution in [0.5, 0.6) is 0 Å². The van der Waals surface area contributed by atoms with E-state index in [-0.39, 0.29) is 0 Å². The van der Waals surface area contributed by atoms with Crippen LogP contribution in [0.3, 0.4) is 0 Å². The molecule has 108 valence electrons. The Kier molecular flexibility index (Phi) is 3.37. The number of hydrogen-bond donors (Lipinski definition) is 2. The van der Waals surface area contributed by atoms with Gasteiger partial charge in [-0.3, -0.25) is 5.10 Å². The molecule has 0 spiro atoms. The molecule has 0 aliphatic heterocycles. The largest absolute Gasteiger partial charge is 0.466 e. The number of anilines is 1. The molecule has 3 rings (SSSR count). The molecule has 2 heterocycles. The second-order valence-electron chi connectivity index (χ2n) is 5.08. The number of nitrogen functional groups attached to an aromatic ring is 1. The van der Waals surface area contributed by atoms with Crippen molar-refractivity contribution in [3.63, 3.8) is 0 Å². The van der Waals surface area contributed by atoms with Crippen LogP contribution >= 0.6 is 15.9 Å². The molecule has 1 aromatic carbocycles. The molecule has 5 heteroatoms. The predicted molar refractivity (Wildman–Crippen MR) is 88.0 cm³/mol. The number of nitrogens with one attached hydrogen (secondary N) is 1. The molecule has 0 aliphatic rings. The van der Waals surface area contributed by atoms with Gasteiger partial charge in [0.15, 0.2) is 5.82 Å². The maximum atomic E-state index is 6.07. The number of nitrogens with two attached hydrogens (primary N) is 1. The second kappa shape index (κ2) is 5.07. The normalized spacial score (nSPS) is 11.0. The van der Waals surface area contributed by atoms with E-state index in [2.05, 4.69) is 26.1 Å². The Labute approximate surface area is 131 Å². The molecule has 0 atom stereocenters. The van der Waals surface area contributed by atoms with Crippen LogP contribution in [0.2, 0.25) is 0 Å². The lowest BCUT2D eigenvalue weighted by molar-refractivity contribution is 0.503. The molecule has 0 amide bonds. The minimum absolute atomic E-state index is 0.491. The second-order valence-corrected chi connectivity index (χ2v) is 6.00. The average Bonchev–Trinajstić information content (AvgIpc) is 2.92. The zero-order chi connectivity index (χ0) is 15.1. The molecule has 0 fully saturated rings. The molecule has 3 aromatic rings. The number of halogens is 1. The Bertz CT molecular complexity index is 800. The first-order chi connectivity index (χ1) is 9.99. The summed E-state index contributed by atoms with van der Waals surface area (Å²) in [6.45, 7) is 5.96. The molecule has 0 saturated heterocycles. The summed E-state index contributed by atoms with van der Waals surface area (Å²) in [5.74, 6) is 2.27. The first-order valence-corrected chi connectivity index (χ1v) is 7.45. The maximum absolute atomic E-state index is 6.07. The Morgan fingerprint density at radius 2 is 1.71 bits per heavy atom. The molecule has 0 unspecified atom stereocenters. The van der Waals surface area contributed by atoms with Gasteiger partial charge in [-0.05, 0) is 44.0 Å². The summed E-state index contributed by atoms with van der Waals surface area (Å²) >= 11 is 3.45. The highest BCUT2D eigenvalue weighted by atomic mass is 79.9. The van der Waals surface area contributed by atoms with Gasteiger partial charge >= 0.3 is 0 Å². The van der Waals surface area contributed by atoms with E-state index >= 15 is 0 Å². The van der Waals surface area contributed by atoms with Crippen molar-refractivity contribution in [2.24, 2.45) is 0 Å². The zero-order valence-electron chi connectivity index (χ0n) is 12.1. The van der Waals surface area contributed by atoms with Gasteiger partial charge in [-0.25, -0.2) is 0 Å². The number of H-pyrrole nitrogens is 1. The standard InChI is InChI=1S/C16H16BrN3O/c1-8-9(2)21-10(3)13(8)15-14(16(18)20-19-15)11-4-6-12(17)7-5-11/h4-7H,1-3H3,(H3,18,19,20). The van der Waals surface area contributed by atoms with Crippen molar-refractivity contribution in [2.45, 2.75) is 20.8 Å². The van der Waals surface area contributed by atoms with Crippen molar-refractivity contribution in [2.75, 3.05) is 5.73 Å². The number of aromatic amines is 1. The minimum atomic E-state index is 0.491. The summed E-state index contributed by atoms with van der Waals surface area (Å²) in [5.41, 5.74) is 11.1. The summed E-state index contributed by atoms with van der Waals surface area (Å²) in [4.78, 5) is 0. The highest BCUT2D eigenvalue weighted by molar-refractivity contribution is 9.10. The number of nitrogens with zero attached hydrogens (tertiary/aromatic N) is 1. The SMILES string of the molecule is Cc1oc(C)c(-c2[nH]nc(N)c2-c2ccc(Br)cc2)c1C. The molecular weight excluding hydrogens is 330 g/mol. The number of aromatic nitrogens is 2. The van der Waals surface area contributed by atoms with Gasteiger partial charge in [-0.2, -0.15) is 5.10 Å². The third kappa shape index (κ3) is 2.27. The van der Waals surface area contributed by atoms with Crippen molar-refractivity contribution in [1.29, 1.82) is 0 Å². The van der Waals surface area contributed by atoms with E-state index in [9.17, 15) is 0 Å². The number of benzene rings is 1. The van der Waals surface area contributed by atoms with Gasteiger partial charge in [-0.15, -0.1) is 0 Å². The van der Waals surface area contributed by atoms with E-state index in [1.165, 1.54) is 0 Å². The van der Waals surface area contributed by atoms with E-state index in [0.29, 0.717) is 5.82 Å². The van der Waals surface area contributed by atoms with Crippen molar-refractivity contribution in [3.8, 4) is 22.4 Å². The van der Waals surface area contributed by atoms with Crippen molar-refractivity contribution < 1.29 is 4.42 Å². The van der Waals surface area contributed by atoms with E-state index in [1.54, 1.807) is 0 Å². The molecule has 4 nitrogen and oxygen atoms in total. The van der Waals surface area contributed by atoms with Gasteiger partial charge in [0.1, 0.15) is 11.5 Å². The summed E-state index contributed by atoms with van der Waals surface area (Å²) in [6, 6.07) is 8.02. The van der Waals surface area contributed by atoms with Gasteiger partial charge in [0.25, 0.3) is 0 Å². The molecule has 0 saturated carbocycles. The molecule has 0 radical (unpaired) electrons. The maximum Gasteiger partial charge on any atom is 0.153 e. The highest BCUT2D eigenvalue weighted by Crippen LogP contribution is 2.39. The number of rotatable bonds is 2. The number of furan rings is 1.